The third kappa shape index (κ3) is 5.27. The predicted molar refractivity (Wildman–Crippen MR) is 84.2 cm³/mol. The highest BCUT2D eigenvalue weighted by Gasteiger charge is 2.05. The number of carbonyl (C=O) groups is 1. The van der Waals surface area contributed by atoms with Gasteiger partial charge in [0.05, 0.1) is 6.42 Å². The van der Waals surface area contributed by atoms with E-state index in [4.69, 9.17) is 0 Å². The highest BCUT2D eigenvalue weighted by Crippen LogP contribution is 2.08. The van der Waals surface area contributed by atoms with Gasteiger partial charge in [-0.25, -0.2) is 0 Å². The summed E-state index contributed by atoms with van der Waals surface area (Å²) in [5.74, 6) is 1.02. The lowest BCUT2D eigenvalue weighted by Crippen LogP contribution is -2.29. The molecule has 0 aliphatic rings. The molecule has 1 amide bonds. The summed E-state index contributed by atoms with van der Waals surface area (Å²) in [4.78, 5) is 12.7. The summed E-state index contributed by atoms with van der Waals surface area (Å²) in [6.07, 6.45) is 0.406. The van der Waals surface area contributed by atoms with Crippen molar-refractivity contribution in [1.29, 1.82) is 0 Å². The summed E-state index contributed by atoms with van der Waals surface area (Å²) in [7, 11) is -0.938. The number of thiophene rings is 1. The van der Waals surface area contributed by atoms with Crippen molar-refractivity contribution in [3.05, 3.63) is 58.3 Å². The zero-order valence-electron chi connectivity index (χ0n) is 11.1. The highest BCUT2D eigenvalue weighted by molar-refractivity contribution is 7.84. The molecular weight excluding hydrogens is 290 g/mol. The Morgan fingerprint density at radius 2 is 1.95 bits per heavy atom. The van der Waals surface area contributed by atoms with Gasteiger partial charge in [0.2, 0.25) is 5.91 Å². The van der Waals surface area contributed by atoms with Crippen LogP contribution in [0.3, 0.4) is 0 Å². The Morgan fingerprint density at radius 1 is 1.15 bits per heavy atom. The normalized spacial score (nSPS) is 12.0. The zero-order valence-corrected chi connectivity index (χ0v) is 12.7. The van der Waals surface area contributed by atoms with E-state index in [9.17, 15) is 9.00 Å². The van der Waals surface area contributed by atoms with Crippen LogP contribution in [-0.2, 0) is 27.8 Å². The summed E-state index contributed by atoms with van der Waals surface area (Å²) < 4.78 is 11.9. The van der Waals surface area contributed by atoms with Crippen LogP contribution in [0.25, 0.3) is 0 Å². The second-order valence-electron chi connectivity index (χ2n) is 4.38. The van der Waals surface area contributed by atoms with Crippen molar-refractivity contribution in [3.8, 4) is 0 Å². The Morgan fingerprint density at radius 3 is 2.65 bits per heavy atom. The van der Waals surface area contributed by atoms with E-state index in [-0.39, 0.29) is 5.91 Å². The molecule has 0 aliphatic carbocycles. The first-order valence-electron chi connectivity index (χ1n) is 6.42. The molecule has 1 atom stereocenters. The summed E-state index contributed by atoms with van der Waals surface area (Å²) in [6.45, 7) is 0.462. The fourth-order valence-corrected chi connectivity index (χ4v) is 3.51. The first-order chi connectivity index (χ1) is 9.74. The molecule has 0 fully saturated rings. The van der Waals surface area contributed by atoms with E-state index in [1.165, 1.54) is 0 Å². The maximum absolute atomic E-state index is 11.9. The van der Waals surface area contributed by atoms with Gasteiger partial charge in [0.15, 0.2) is 0 Å². The molecule has 106 valence electrons. The van der Waals surface area contributed by atoms with Crippen LogP contribution in [0.4, 0.5) is 0 Å². The fourth-order valence-electron chi connectivity index (χ4n) is 1.77. The van der Waals surface area contributed by atoms with Gasteiger partial charge in [-0.1, -0.05) is 36.4 Å². The molecule has 2 aromatic rings. The van der Waals surface area contributed by atoms with Crippen molar-refractivity contribution in [2.75, 3.05) is 12.3 Å². The quantitative estimate of drug-likeness (QED) is 0.853. The minimum absolute atomic E-state index is 0.0100. The molecule has 0 saturated carbocycles. The lowest BCUT2D eigenvalue weighted by molar-refractivity contribution is -0.120. The van der Waals surface area contributed by atoms with E-state index in [1.54, 1.807) is 11.3 Å². The van der Waals surface area contributed by atoms with Gasteiger partial charge in [-0.15, -0.1) is 11.3 Å². The van der Waals surface area contributed by atoms with Crippen LogP contribution >= 0.6 is 11.3 Å². The van der Waals surface area contributed by atoms with Crippen LogP contribution < -0.4 is 5.32 Å². The van der Waals surface area contributed by atoms with Crippen LogP contribution in [0.5, 0.6) is 0 Å². The minimum atomic E-state index is -0.938. The summed E-state index contributed by atoms with van der Waals surface area (Å²) >= 11 is 1.57. The van der Waals surface area contributed by atoms with E-state index in [1.807, 2.05) is 47.8 Å². The van der Waals surface area contributed by atoms with E-state index in [0.717, 1.165) is 10.4 Å². The van der Waals surface area contributed by atoms with Crippen molar-refractivity contribution in [1.82, 2.24) is 5.32 Å². The van der Waals surface area contributed by atoms with Gasteiger partial charge in [0.1, 0.15) is 0 Å². The molecule has 1 heterocycles. The lowest BCUT2D eigenvalue weighted by Gasteiger charge is -2.05. The Labute approximate surface area is 125 Å². The molecule has 1 aromatic heterocycles. The summed E-state index contributed by atoms with van der Waals surface area (Å²) in [6, 6.07) is 13.6. The van der Waals surface area contributed by atoms with E-state index in [0.29, 0.717) is 24.5 Å². The number of carbonyl (C=O) groups excluding carboxylic acids is 1. The number of amides is 1. The van der Waals surface area contributed by atoms with Crippen LogP contribution in [0.15, 0.2) is 47.8 Å². The molecule has 2 rings (SSSR count). The standard InChI is InChI=1S/C15H17NO2S2/c17-15(11-14-7-4-9-19-14)16-8-10-20(18)12-13-5-2-1-3-6-13/h1-7,9H,8,10-12H2,(H,16,17)/t20-/m1/s1. The van der Waals surface area contributed by atoms with Crippen molar-refractivity contribution in [3.63, 3.8) is 0 Å². The minimum Gasteiger partial charge on any atom is -0.355 e. The van der Waals surface area contributed by atoms with E-state index >= 15 is 0 Å². The van der Waals surface area contributed by atoms with Gasteiger partial charge in [-0.2, -0.15) is 0 Å². The second-order valence-corrected chi connectivity index (χ2v) is 6.99. The Bertz CT molecular complexity index is 553. The maximum Gasteiger partial charge on any atom is 0.225 e. The average Bonchev–Trinajstić information content (AvgIpc) is 2.92. The molecule has 0 aliphatic heterocycles. The van der Waals surface area contributed by atoms with Crippen molar-refractivity contribution >= 4 is 28.0 Å². The van der Waals surface area contributed by atoms with Crippen molar-refractivity contribution in [2.45, 2.75) is 12.2 Å². The molecule has 0 radical (unpaired) electrons. The number of nitrogens with one attached hydrogen (secondary N) is 1. The van der Waals surface area contributed by atoms with Crippen LogP contribution in [0.2, 0.25) is 0 Å². The first-order valence-corrected chi connectivity index (χ1v) is 8.79. The maximum atomic E-state index is 11.9. The second kappa shape index (κ2) is 7.97. The molecule has 1 N–H and O–H groups in total. The zero-order chi connectivity index (χ0) is 14.2. The molecule has 1 aromatic carbocycles. The van der Waals surface area contributed by atoms with Gasteiger partial charge in [0.25, 0.3) is 0 Å². The first kappa shape index (κ1) is 14.9. The van der Waals surface area contributed by atoms with Gasteiger partial charge in [-0.05, 0) is 17.0 Å². The van der Waals surface area contributed by atoms with Gasteiger partial charge in [-0.3, -0.25) is 9.00 Å². The Kier molecular flexibility index (Phi) is 5.95. The highest BCUT2D eigenvalue weighted by atomic mass is 32.2. The molecule has 0 unspecified atom stereocenters. The molecule has 5 heteroatoms. The Balaban J connectivity index is 1.65. The molecule has 0 saturated heterocycles. The lowest BCUT2D eigenvalue weighted by atomic mass is 10.2. The molecule has 0 bridgehead atoms. The number of rotatable bonds is 7. The van der Waals surface area contributed by atoms with Crippen LogP contribution in [0.1, 0.15) is 10.4 Å². The van der Waals surface area contributed by atoms with Gasteiger partial charge in [0, 0.05) is 33.7 Å². The predicted octanol–water partition coefficient (Wildman–Crippen LogP) is 2.36. The SMILES string of the molecule is O=C(Cc1cccs1)NCC[S@@](=O)Cc1ccccc1. The average molecular weight is 307 g/mol. The molecule has 20 heavy (non-hydrogen) atoms. The third-order valence-electron chi connectivity index (χ3n) is 2.74. The monoisotopic (exact) mass is 307 g/mol. The smallest absolute Gasteiger partial charge is 0.225 e. The van der Waals surface area contributed by atoms with Gasteiger partial charge >= 0.3 is 0 Å². The molecular formula is C15H17NO2S2. The largest absolute Gasteiger partial charge is 0.355 e. The summed E-state index contributed by atoms with van der Waals surface area (Å²) in [5.41, 5.74) is 1.07. The molecule has 0 spiro atoms. The number of hydrogen-bond acceptors (Lipinski definition) is 3. The topological polar surface area (TPSA) is 46.2 Å². The van der Waals surface area contributed by atoms with Crippen molar-refractivity contribution < 1.29 is 9.00 Å². The third-order valence-corrected chi connectivity index (χ3v) is 4.93. The van der Waals surface area contributed by atoms with Gasteiger partial charge < -0.3 is 5.32 Å². The number of benzene rings is 1. The van der Waals surface area contributed by atoms with E-state index < -0.39 is 10.8 Å². The summed E-state index contributed by atoms with van der Waals surface area (Å²) in [5, 5.41) is 4.77. The Hall–Kier alpha value is -1.46. The fraction of sp³-hybridized carbons (Fsp3) is 0.267. The van der Waals surface area contributed by atoms with Crippen LogP contribution in [-0.4, -0.2) is 22.4 Å². The number of hydrogen-bond donors (Lipinski definition) is 1. The molecule has 3 nitrogen and oxygen atoms in total. The van der Waals surface area contributed by atoms with Crippen molar-refractivity contribution in [2.24, 2.45) is 0 Å². The van der Waals surface area contributed by atoms with E-state index in [2.05, 4.69) is 5.32 Å². The van der Waals surface area contributed by atoms with Crippen LogP contribution in [0, 0.1) is 0 Å².